The zero-order valence-corrected chi connectivity index (χ0v) is 11.2. The molecule has 1 heterocycles. The smallest absolute Gasteiger partial charge is 0.251 e. The molecule has 18 heavy (non-hydrogen) atoms. The first kappa shape index (κ1) is 13.1. The average Bonchev–Trinajstić information content (AvgIpc) is 2.70. The summed E-state index contributed by atoms with van der Waals surface area (Å²) >= 11 is 5.77. The molecule has 1 amide bonds. The average molecular weight is 268 g/mol. The third-order valence-corrected chi connectivity index (χ3v) is 3.62. The van der Waals surface area contributed by atoms with Crippen LogP contribution in [-0.4, -0.2) is 17.4 Å². The predicted molar refractivity (Wildman–Crippen MR) is 72.5 cm³/mol. The van der Waals surface area contributed by atoms with Gasteiger partial charge in [-0.2, -0.15) is 0 Å². The highest BCUT2D eigenvalue weighted by molar-refractivity contribution is 6.29. The summed E-state index contributed by atoms with van der Waals surface area (Å²) in [6, 6.07) is 3.07. The lowest BCUT2D eigenvalue weighted by atomic mass is 10.1. The highest BCUT2D eigenvalue weighted by Gasteiger charge is 2.21. The van der Waals surface area contributed by atoms with Gasteiger partial charge in [0.05, 0.1) is 0 Å². The van der Waals surface area contributed by atoms with Gasteiger partial charge in [-0.3, -0.25) is 4.79 Å². The number of aromatic nitrogens is 1. The van der Waals surface area contributed by atoms with E-state index >= 15 is 0 Å². The molecule has 3 N–H and O–H groups in total. The Bertz CT molecular complexity index is 430. The maximum absolute atomic E-state index is 11.9. The second-order valence-electron chi connectivity index (χ2n) is 5.10. The molecule has 1 aromatic rings. The number of hydrogen-bond acceptors (Lipinski definition) is 3. The summed E-state index contributed by atoms with van der Waals surface area (Å²) < 4.78 is 0. The first-order valence-electron chi connectivity index (χ1n) is 6.26. The molecule has 1 aliphatic rings. The third kappa shape index (κ3) is 3.35. The lowest BCUT2D eigenvalue weighted by Gasteiger charge is -2.11. The molecule has 1 aromatic heterocycles. The van der Waals surface area contributed by atoms with Crippen LogP contribution in [0.25, 0.3) is 0 Å². The van der Waals surface area contributed by atoms with Crippen LogP contribution < -0.4 is 11.1 Å². The number of anilines is 1. The summed E-state index contributed by atoms with van der Waals surface area (Å²) in [5.41, 5.74) is 6.03. The standard InChI is InChI=1S/C13H18ClN3O/c1-8-2-3-9(4-8)7-16-13(18)10-5-11(14)17-12(15)6-10/h5-6,8-9H,2-4,7H2,1H3,(H2,15,17)(H,16,18). The van der Waals surface area contributed by atoms with Crippen molar-refractivity contribution < 1.29 is 4.79 Å². The van der Waals surface area contributed by atoms with E-state index in [0.717, 1.165) is 12.5 Å². The summed E-state index contributed by atoms with van der Waals surface area (Å²) in [6.07, 6.45) is 3.65. The van der Waals surface area contributed by atoms with Gasteiger partial charge in [0.15, 0.2) is 0 Å². The molecule has 1 fully saturated rings. The molecule has 5 heteroatoms. The Morgan fingerprint density at radius 3 is 2.94 bits per heavy atom. The summed E-state index contributed by atoms with van der Waals surface area (Å²) in [5.74, 6) is 1.50. The zero-order valence-electron chi connectivity index (χ0n) is 10.4. The quantitative estimate of drug-likeness (QED) is 0.827. The number of carbonyl (C=O) groups excluding carboxylic acids is 1. The number of rotatable bonds is 3. The van der Waals surface area contributed by atoms with Crippen molar-refractivity contribution in [2.24, 2.45) is 11.8 Å². The van der Waals surface area contributed by atoms with Crippen molar-refractivity contribution in [2.75, 3.05) is 12.3 Å². The number of nitrogens with two attached hydrogens (primary N) is 1. The van der Waals surface area contributed by atoms with Crippen LogP contribution >= 0.6 is 11.6 Å². The van der Waals surface area contributed by atoms with Crippen molar-refractivity contribution in [3.63, 3.8) is 0 Å². The van der Waals surface area contributed by atoms with Gasteiger partial charge in [0.25, 0.3) is 5.91 Å². The Labute approximate surface area is 112 Å². The lowest BCUT2D eigenvalue weighted by Crippen LogP contribution is -2.28. The van der Waals surface area contributed by atoms with Crippen molar-refractivity contribution in [3.05, 3.63) is 22.8 Å². The normalized spacial score (nSPS) is 23.0. The number of pyridine rings is 1. The van der Waals surface area contributed by atoms with E-state index in [9.17, 15) is 4.79 Å². The fourth-order valence-corrected chi connectivity index (χ4v) is 2.71. The first-order chi connectivity index (χ1) is 8.54. The van der Waals surface area contributed by atoms with Gasteiger partial charge in [-0.15, -0.1) is 0 Å². The highest BCUT2D eigenvalue weighted by Crippen LogP contribution is 2.29. The Kier molecular flexibility index (Phi) is 4.07. The SMILES string of the molecule is CC1CCC(CNC(=O)c2cc(N)nc(Cl)c2)C1. The second-order valence-corrected chi connectivity index (χ2v) is 5.48. The van der Waals surface area contributed by atoms with Crippen LogP contribution in [0.4, 0.5) is 5.82 Å². The van der Waals surface area contributed by atoms with Crippen molar-refractivity contribution in [2.45, 2.75) is 26.2 Å². The van der Waals surface area contributed by atoms with Crippen LogP contribution in [0, 0.1) is 11.8 Å². The van der Waals surface area contributed by atoms with Gasteiger partial charge in [-0.25, -0.2) is 4.98 Å². The Morgan fingerprint density at radius 1 is 1.56 bits per heavy atom. The van der Waals surface area contributed by atoms with Gasteiger partial charge in [-0.1, -0.05) is 24.9 Å². The first-order valence-corrected chi connectivity index (χ1v) is 6.63. The Balaban J connectivity index is 1.91. The molecule has 1 aliphatic carbocycles. The van der Waals surface area contributed by atoms with Crippen LogP contribution in [0.1, 0.15) is 36.5 Å². The fraction of sp³-hybridized carbons (Fsp3) is 0.538. The number of nitrogen functional groups attached to an aromatic ring is 1. The minimum absolute atomic E-state index is 0.134. The minimum Gasteiger partial charge on any atom is -0.384 e. The largest absolute Gasteiger partial charge is 0.384 e. The topological polar surface area (TPSA) is 68.0 Å². The molecule has 2 rings (SSSR count). The molecule has 0 aromatic carbocycles. The van der Waals surface area contributed by atoms with E-state index in [1.165, 1.54) is 25.3 Å². The summed E-state index contributed by atoms with van der Waals surface area (Å²) in [7, 11) is 0. The molecule has 0 saturated heterocycles. The zero-order chi connectivity index (χ0) is 13.1. The number of nitrogens with one attached hydrogen (secondary N) is 1. The number of carbonyl (C=O) groups is 1. The monoisotopic (exact) mass is 267 g/mol. The van der Waals surface area contributed by atoms with Gasteiger partial charge in [-0.05, 0) is 36.8 Å². The number of halogens is 1. The molecular weight excluding hydrogens is 250 g/mol. The van der Waals surface area contributed by atoms with E-state index in [-0.39, 0.29) is 16.9 Å². The molecular formula is C13H18ClN3O. The third-order valence-electron chi connectivity index (χ3n) is 3.43. The fourth-order valence-electron chi connectivity index (χ4n) is 2.50. The van der Waals surface area contributed by atoms with Gasteiger partial charge < -0.3 is 11.1 Å². The summed E-state index contributed by atoms with van der Waals surface area (Å²) in [4.78, 5) is 15.8. The van der Waals surface area contributed by atoms with Gasteiger partial charge >= 0.3 is 0 Å². The van der Waals surface area contributed by atoms with E-state index < -0.39 is 0 Å². The molecule has 2 unspecified atom stereocenters. The summed E-state index contributed by atoms with van der Waals surface area (Å²) in [6.45, 7) is 2.98. The van der Waals surface area contributed by atoms with Crippen molar-refractivity contribution >= 4 is 23.3 Å². The van der Waals surface area contributed by atoms with Crippen LogP contribution in [-0.2, 0) is 0 Å². The Morgan fingerprint density at radius 2 is 2.33 bits per heavy atom. The maximum Gasteiger partial charge on any atom is 0.251 e. The lowest BCUT2D eigenvalue weighted by molar-refractivity contribution is 0.0947. The Hall–Kier alpha value is -1.29. The highest BCUT2D eigenvalue weighted by atomic mass is 35.5. The van der Waals surface area contributed by atoms with Crippen molar-refractivity contribution in [1.82, 2.24) is 10.3 Å². The molecule has 2 atom stereocenters. The molecule has 0 bridgehead atoms. The predicted octanol–water partition coefficient (Wildman–Crippen LogP) is 2.48. The molecule has 0 aliphatic heterocycles. The minimum atomic E-state index is -0.134. The molecule has 0 spiro atoms. The van der Waals surface area contributed by atoms with E-state index in [0.29, 0.717) is 11.5 Å². The summed E-state index contributed by atoms with van der Waals surface area (Å²) in [5, 5.41) is 3.18. The van der Waals surface area contributed by atoms with Crippen LogP contribution in [0.15, 0.2) is 12.1 Å². The molecule has 1 saturated carbocycles. The maximum atomic E-state index is 11.9. The van der Waals surface area contributed by atoms with E-state index in [1.54, 1.807) is 6.07 Å². The van der Waals surface area contributed by atoms with Gasteiger partial charge in [0.1, 0.15) is 11.0 Å². The van der Waals surface area contributed by atoms with E-state index in [1.807, 2.05) is 0 Å². The van der Waals surface area contributed by atoms with Crippen molar-refractivity contribution in [3.8, 4) is 0 Å². The molecule has 4 nitrogen and oxygen atoms in total. The molecule has 0 radical (unpaired) electrons. The van der Waals surface area contributed by atoms with Crippen LogP contribution in [0.3, 0.4) is 0 Å². The van der Waals surface area contributed by atoms with Crippen LogP contribution in [0.5, 0.6) is 0 Å². The van der Waals surface area contributed by atoms with E-state index in [4.69, 9.17) is 17.3 Å². The number of hydrogen-bond donors (Lipinski definition) is 2. The number of nitrogens with zero attached hydrogens (tertiary/aromatic N) is 1. The number of amides is 1. The van der Waals surface area contributed by atoms with Gasteiger partial charge in [0, 0.05) is 12.1 Å². The second kappa shape index (κ2) is 5.57. The van der Waals surface area contributed by atoms with Crippen molar-refractivity contribution in [1.29, 1.82) is 0 Å². The van der Waals surface area contributed by atoms with E-state index in [2.05, 4.69) is 17.2 Å². The van der Waals surface area contributed by atoms with Gasteiger partial charge in [0.2, 0.25) is 0 Å². The van der Waals surface area contributed by atoms with Crippen LogP contribution in [0.2, 0.25) is 5.15 Å². The molecule has 98 valence electrons.